The Morgan fingerprint density at radius 3 is 2.69 bits per heavy atom. The Morgan fingerprint density at radius 1 is 1.38 bits per heavy atom. The number of rotatable bonds is 3. The maximum atomic E-state index is 9.62. The van der Waals surface area contributed by atoms with E-state index in [0.29, 0.717) is 11.8 Å². The summed E-state index contributed by atoms with van der Waals surface area (Å²) in [5, 5.41) is 9.62. The normalized spacial score (nSPS) is 28.5. The van der Waals surface area contributed by atoms with E-state index in [1.54, 1.807) is 0 Å². The fourth-order valence-corrected chi connectivity index (χ4v) is 2.49. The lowest BCUT2D eigenvalue weighted by Crippen LogP contribution is -2.11. The van der Waals surface area contributed by atoms with Gasteiger partial charge in [0, 0.05) is 4.43 Å². The number of alkyl halides is 1. The number of hydrogen-bond donors (Lipinski definition) is 1. The van der Waals surface area contributed by atoms with Gasteiger partial charge >= 0.3 is 0 Å². The van der Waals surface area contributed by atoms with Crippen LogP contribution < -0.4 is 0 Å². The number of hydrogen-bond acceptors (Lipinski definition) is 1. The van der Waals surface area contributed by atoms with Gasteiger partial charge in [-0.1, -0.05) is 52.9 Å². The standard InChI is InChI=1S/C11H13IO/c12-7-11(13)10-6-9(10)8-4-2-1-3-5-8/h1-5,9-11,13H,6-7H2/t9-,10-,11-/m0/s1. The number of halogens is 1. The van der Waals surface area contributed by atoms with Gasteiger partial charge in [0.25, 0.3) is 0 Å². The topological polar surface area (TPSA) is 20.2 Å². The van der Waals surface area contributed by atoms with Crippen LogP contribution in [0.4, 0.5) is 0 Å². The highest BCUT2D eigenvalue weighted by Gasteiger charge is 2.42. The largest absolute Gasteiger partial charge is 0.392 e. The predicted molar refractivity (Wildman–Crippen MR) is 62.2 cm³/mol. The molecular weight excluding hydrogens is 275 g/mol. The zero-order chi connectivity index (χ0) is 9.26. The van der Waals surface area contributed by atoms with Crippen molar-refractivity contribution in [2.75, 3.05) is 4.43 Å². The van der Waals surface area contributed by atoms with E-state index in [9.17, 15) is 5.11 Å². The summed E-state index contributed by atoms with van der Waals surface area (Å²) in [7, 11) is 0. The first-order valence-electron chi connectivity index (χ1n) is 4.62. The van der Waals surface area contributed by atoms with Gasteiger partial charge in [-0.15, -0.1) is 0 Å². The molecule has 13 heavy (non-hydrogen) atoms. The quantitative estimate of drug-likeness (QED) is 0.669. The Kier molecular flexibility index (Phi) is 2.89. The average molecular weight is 288 g/mol. The van der Waals surface area contributed by atoms with Crippen molar-refractivity contribution in [3.05, 3.63) is 35.9 Å². The van der Waals surface area contributed by atoms with E-state index in [-0.39, 0.29) is 6.10 Å². The highest BCUT2D eigenvalue weighted by Crippen LogP contribution is 2.49. The van der Waals surface area contributed by atoms with E-state index in [1.807, 2.05) is 6.07 Å². The van der Waals surface area contributed by atoms with Crippen LogP contribution in [0, 0.1) is 5.92 Å². The van der Waals surface area contributed by atoms with Crippen molar-refractivity contribution in [3.63, 3.8) is 0 Å². The number of aliphatic hydroxyl groups excluding tert-OH is 1. The molecule has 1 saturated carbocycles. The van der Waals surface area contributed by atoms with Crippen molar-refractivity contribution in [1.82, 2.24) is 0 Å². The van der Waals surface area contributed by atoms with Crippen molar-refractivity contribution >= 4 is 22.6 Å². The summed E-state index contributed by atoms with van der Waals surface area (Å²) in [6.07, 6.45) is 1.06. The molecule has 1 aliphatic rings. The van der Waals surface area contributed by atoms with Crippen LogP contribution in [0.2, 0.25) is 0 Å². The lowest BCUT2D eigenvalue weighted by atomic mass is 10.1. The summed E-state index contributed by atoms with van der Waals surface area (Å²) in [6, 6.07) is 10.5. The molecule has 70 valence electrons. The smallest absolute Gasteiger partial charge is 0.0663 e. The molecule has 0 unspecified atom stereocenters. The van der Waals surface area contributed by atoms with Crippen molar-refractivity contribution in [3.8, 4) is 0 Å². The maximum Gasteiger partial charge on any atom is 0.0663 e. The third-order valence-corrected chi connectivity index (χ3v) is 3.62. The van der Waals surface area contributed by atoms with Gasteiger partial charge in [-0.05, 0) is 23.8 Å². The van der Waals surface area contributed by atoms with E-state index < -0.39 is 0 Å². The summed E-state index contributed by atoms with van der Waals surface area (Å²) in [4.78, 5) is 0. The van der Waals surface area contributed by atoms with Gasteiger partial charge in [-0.2, -0.15) is 0 Å². The molecular formula is C11H13IO. The molecule has 1 aromatic rings. The van der Waals surface area contributed by atoms with Gasteiger partial charge in [-0.3, -0.25) is 0 Å². The fraction of sp³-hybridized carbons (Fsp3) is 0.455. The van der Waals surface area contributed by atoms with Gasteiger partial charge in [-0.25, -0.2) is 0 Å². The molecule has 2 heteroatoms. The SMILES string of the molecule is O[C@@H](CI)[C@H]1C[C@H]1c1ccccc1. The van der Waals surface area contributed by atoms with E-state index in [4.69, 9.17) is 0 Å². The Morgan fingerprint density at radius 2 is 2.08 bits per heavy atom. The third-order valence-electron chi connectivity index (χ3n) is 2.72. The van der Waals surface area contributed by atoms with Crippen LogP contribution in [0.25, 0.3) is 0 Å². The molecule has 0 spiro atoms. The molecule has 0 amide bonds. The van der Waals surface area contributed by atoms with Crippen LogP contribution in [0.3, 0.4) is 0 Å². The molecule has 1 aliphatic carbocycles. The zero-order valence-corrected chi connectivity index (χ0v) is 9.52. The second-order valence-corrected chi connectivity index (χ2v) is 4.52. The Labute approximate surface area is 92.3 Å². The highest BCUT2D eigenvalue weighted by molar-refractivity contribution is 14.1. The Hall–Kier alpha value is -0.0900. The van der Waals surface area contributed by atoms with E-state index >= 15 is 0 Å². The summed E-state index contributed by atoms with van der Waals surface area (Å²) < 4.78 is 0.853. The van der Waals surface area contributed by atoms with Gasteiger partial charge in [0.15, 0.2) is 0 Å². The highest BCUT2D eigenvalue weighted by atomic mass is 127. The van der Waals surface area contributed by atoms with Gasteiger partial charge < -0.3 is 5.11 Å². The molecule has 0 radical (unpaired) electrons. The van der Waals surface area contributed by atoms with Crippen molar-refractivity contribution in [2.45, 2.75) is 18.4 Å². The lowest BCUT2D eigenvalue weighted by molar-refractivity contribution is 0.176. The first-order valence-corrected chi connectivity index (χ1v) is 6.14. The summed E-state index contributed by atoms with van der Waals surface area (Å²) >= 11 is 2.25. The van der Waals surface area contributed by atoms with Crippen LogP contribution in [0.1, 0.15) is 17.9 Å². The maximum absolute atomic E-state index is 9.62. The molecule has 0 aromatic heterocycles. The minimum atomic E-state index is -0.106. The van der Waals surface area contributed by atoms with Crippen molar-refractivity contribution < 1.29 is 5.11 Å². The first kappa shape index (κ1) is 9.46. The second-order valence-electron chi connectivity index (χ2n) is 3.64. The summed E-state index contributed by atoms with van der Waals surface area (Å²) in [5.41, 5.74) is 1.39. The van der Waals surface area contributed by atoms with Crippen molar-refractivity contribution in [1.29, 1.82) is 0 Å². The summed E-state index contributed by atoms with van der Waals surface area (Å²) in [6.45, 7) is 0. The molecule has 1 nitrogen and oxygen atoms in total. The molecule has 0 aliphatic heterocycles. The first-order chi connectivity index (χ1) is 6.33. The minimum Gasteiger partial charge on any atom is -0.392 e. The van der Waals surface area contributed by atoms with Crippen LogP contribution in [0.15, 0.2) is 30.3 Å². The van der Waals surface area contributed by atoms with Crippen LogP contribution in [0.5, 0.6) is 0 Å². The molecule has 0 heterocycles. The monoisotopic (exact) mass is 288 g/mol. The molecule has 0 saturated heterocycles. The van der Waals surface area contributed by atoms with E-state index in [0.717, 1.165) is 10.8 Å². The molecule has 1 fully saturated rings. The zero-order valence-electron chi connectivity index (χ0n) is 7.36. The molecule has 0 bridgehead atoms. The van der Waals surface area contributed by atoms with Crippen LogP contribution >= 0.6 is 22.6 Å². The Bertz CT molecular complexity index is 273. The van der Waals surface area contributed by atoms with E-state index in [2.05, 4.69) is 46.9 Å². The Balaban J connectivity index is 2.00. The second kappa shape index (κ2) is 3.96. The van der Waals surface area contributed by atoms with Gasteiger partial charge in [0.05, 0.1) is 6.10 Å². The van der Waals surface area contributed by atoms with Crippen LogP contribution in [-0.2, 0) is 0 Å². The number of aliphatic hydroxyl groups is 1. The minimum absolute atomic E-state index is 0.106. The molecule has 3 atom stereocenters. The fourth-order valence-electron chi connectivity index (χ4n) is 1.84. The van der Waals surface area contributed by atoms with Crippen molar-refractivity contribution in [2.24, 2.45) is 5.92 Å². The predicted octanol–water partition coefficient (Wildman–Crippen LogP) is 2.59. The lowest BCUT2D eigenvalue weighted by Gasteiger charge is -2.05. The van der Waals surface area contributed by atoms with Gasteiger partial charge in [0.2, 0.25) is 0 Å². The molecule has 1 aromatic carbocycles. The van der Waals surface area contributed by atoms with E-state index in [1.165, 1.54) is 5.56 Å². The average Bonchev–Trinajstić information content (AvgIpc) is 2.98. The number of benzene rings is 1. The van der Waals surface area contributed by atoms with Crippen LogP contribution in [-0.4, -0.2) is 15.6 Å². The van der Waals surface area contributed by atoms with Gasteiger partial charge in [0.1, 0.15) is 0 Å². The third kappa shape index (κ3) is 2.05. The summed E-state index contributed by atoms with van der Waals surface area (Å²) in [5.74, 6) is 1.13. The molecule has 2 rings (SSSR count). The molecule has 1 N–H and O–H groups in total.